The number of carbonyl (C=O) groups is 2. The second-order valence-corrected chi connectivity index (χ2v) is 7.75. The van der Waals surface area contributed by atoms with Gasteiger partial charge in [-0.25, -0.2) is 0 Å². The highest BCUT2D eigenvalue weighted by atomic mass is 16.5. The highest BCUT2D eigenvalue weighted by molar-refractivity contribution is 6.03. The maximum absolute atomic E-state index is 13.0. The van der Waals surface area contributed by atoms with Gasteiger partial charge in [-0.2, -0.15) is 5.26 Å². The van der Waals surface area contributed by atoms with Gasteiger partial charge in [-0.05, 0) is 29.8 Å². The Balaban J connectivity index is 1.71. The number of allylic oxidation sites excluding steroid dienone is 1. The van der Waals surface area contributed by atoms with E-state index in [0.717, 1.165) is 22.7 Å². The number of amides is 1. The fourth-order valence-electron chi connectivity index (χ4n) is 3.92. The average molecular weight is 445 g/mol. The van der Waals surface area contributed by atoms with Gasteiger partial charge in [0.2, 0.25) is 5.91 Å². The van der Waals surface area contributed by atoms with Crippen LogP contribution in [0.25, 0.3) is 0 Å². The van der Waals surface area contributed by atoms with Crippen LogP contribution >= 0.6 is 0 Å². The number of methoxy groups -OCH3 is 1. The van der Waals surface area contributed by atoms with Crippen molar-refractivity contribution in [1.82, 2.24) is 4.90 Å². The van der Waals surface area contributed by atoms with Crippen LogP contribution in [0.2, 0.25) is 0 Å². The molecule has 7 nitrogen and oxygen atoms in total. The number of nitriles is 1. The normalized spacial score (nSPS) is 12.1. The first-order chi connectivity index (χ1) is 15.9. The number of Topliss-reactive ketones (excluding diaryl/α,β-unsaturated/α-hetero) is 1. The summed E-state index contributed by atoms with van der Waals surface area (Å²) in [6.45, 7) is 4.50. The second-order valence-electron chi connectivity index (χ2n) is 7.75. The molecule has 0 N–H and O–H groups in total. The Morgan fingerprint density at radius 1 is 1.06 bits per heavy atom. The molecule has 1 amide bonds. The molecule has 0 fully saturated rings. The summed E-state index contributed by atoms with van der Waals surface area (Å²) >= 11 is 0. The predicted octanol–water partition coefficient (Wildman–Crippen LogP) is 3.88. The van der Waals surface area contributed by atoms with E-state index in [4.69, 9.17) is 4.74 Å². The Kier molecular flexibility index (Phi) is 7.52. The summed E-state index contributed by atoms with van der Waals surface area (Å²) in [4.78, 5) is 31.2. The first-order valence-corrected chi connectivity index (χ1v) is 10.7. The number of benzene rings is 2. The molecule has 7 heteroatoms. The van der Waals surface area contributed by atoms with Crippen molar-refractivity contribution in [3.63, 3.8) is 0 Å². The number of hydrogen-bond donors (Lipinski definition) is 0. The molecule has 0 saturated carbocycles. The average Bonchev–Trinajstić information content (AvgIpc) is 3.08. The van der Waals surface area contributed by atoms with Gasteiger partial charge in [-0.1, -0.05) is 30.3 Å². The lowest BCUT2D eigenvalue weighted by atomic mass is 10.1. The Morgan fingerprint density at radius 3 is 2.18 bits per heavy atom. The van der Waals surface area contributed by atoms with Gasteiger partial charge < -0.3 is 19.4 Å². The SMILES string of the molecule is C=CCN(Cc1ccc(OC)cc1)C(=O)CCC(=O)C(C#N)=C1N(C)c2ccccc2N1C. The third-order valence-electron chi connectivity index (χ3n) is 5.65. The van der Waals surface area contributed by atoms with Gasteiger partial charge in [0, 0.05) is 40.0 Å². The quantitative estimate of drug-likeness (QED) is 0.332. The Labute approximate surface area is 194 Å². The minimum Gasteiger partial charge on any atom is -0.497 e. The van der Waals surface area contributed by atoms with E-state index >= 15 is 0 Å². The summed E-state index contributed by atoms with van der Waals surface area (Å²) in [5, 5.41) is 9.77. The van der Waals surface area contributed by atoms with Crippen molar-refractivity contribution in [2.45, 2.75) is 19.4 Å². The van der Waals surface area contributed by atoms with E-state index in [9.17, 15) is 14.9 Å². The first kappa shape index (κ1) is 23.6. The van der Waals surface area contributed by atoms with E-state index in [2.05, 4.69) is 12.6 Å². The minimum atomic E-state index is -0.352. The molecule has 2 aromatic carbocycles. The van der Waals surface area contributed by atoms with Crippen LogP contribution in [0.1, 0.15) is 18.4 Å². The molecule has 1 aliphatic heterocycles. The Bertz CT molecular complexity index is 1080. The molecule has 0 unspecified atom stereocenters. The van der Waals surface area contributed by atoms with E-state index in [1.807, 2.05) is 72.4 Å². The van der Waals surface area contributed by atoms with Crippen LogP contribution in [-0.2, 0) is 16.1 Å². The zero-order valence-electron chi connectivity index (χ0n) is 19.2. The van der Waals surface area contributed by atoms with Crippen molar-refractivity contribution in [3.05, 3.63) is 78.1 Å². The van der Waals surface area contributed by atoms with Gasteiger partial charge in [0.15, 0.2) is 5.78 Å². The maximum atomic E-state index is 13.0. The fraction of sp³-hybridized carbons (Fsp3) is 0.269. The zero-order valence-corrected chi connectivity index (χ0v) is 19.2. The molecule has 3 rings (SSSR count). The van der Waals surface area contributed by atoms with Gasteiger partial charge >= 0.3 is 0 Å². The van der Waals surface area contributed by atoms with Crippen molar-refractivity contribution < 1.29 is 14.3 Å². The van der Waals surface area contributed by atoms with Gasteiger partial charge in [-0.3, -0.25) is 9.59 Å². The van der Waals surface area contributed by atoms with Crippen LogP contribution in [0, 0.1) is 11.3 Å². The Hall–Kier alpha value is -4.05. The van der Waals surface area contributed by atoms with Crippen LogP contribution < -0.4 is 14.5 Å². The molecule has 1 aliphatic rings. The van der Waals surface area contributed by atoms with Crippen LogP contribution in [0.15, 0.2) is 72.6 Å². The van der Waals surface area contributed by atoms with Crippen molar-refractivity contribution in [2.75, 3.05) is 37.5 Å². The Morgan fingerprint density at radius 2 is 1.67 bits per heavy atom. The van der Waals surface area contributed by atoms with Crippen molar-refractivity contribution in [3.8, 4) is 11.8 Å². The molecule has 0 radical (unpaired) electrons. The van der Waals surface area contributed by atoms with E-state index in [0.29, 0.717) is 18.9 Å². The number of carbonyl (C=O) groups excluding carboxylic acids is 2. The summed E-state index contributed by atoms with van der Waals surface area (Å²) in [6.07, 6.45) is 1.63. The third-order valence-corrected chi connectivity index (χ3v) is 5.65. The molecule has 1 heterocycles. The number of anilines is 2. The molecular formula is C26H28N4O3. The lowest BCUT2D eigenvalue weighted by Gasteiger charge is -2.22. The van der Waals surface area contributed by atoms with Crippen LogP contribution in [0.5, 0.6) is 5.75 Å². The number of ketones is 1. The van der Waals surface area contributed by atoms with Crippen LogP contribution in [-0.4, -0.2) is 44.3 Å². The van der Waals surface area contributed by atoms with Crippen molar-refractivity contribution in [2.24, 2.45) is 0 Å². The molecular weight excluding hydrogens is 416 g/mol. The highest BCUT2D eigenvalue weighted by Gasteiger charge is 2.31. The molecule has 0 bridgehead atoms. The maximum Gasteiger partial charge on any atom is 0.223 e. The number of rotatable bonds is 9. The van der Waals surface area contributed by atoms with E-state index in [1.54, 1.807) is 18.1 Å². The number of fused-ring (bicyclic) bond motifs is 1. The summed E-state index contributed by atoms with van der Waals surface area (Å²) < 4.78 is 5.17. The number of para-hydroxylation sites is 2. The van der Waals surface area contributed by atoms with Crippen LogP contribution in [0.3, 0.4) is 0 Å². The number of hydrogen-bond acceptors (Lipinski definition) is 6. The van der Waals surface area contributed by atoms with Crippen molar-refractivity contribution in [1.29, 1.82) is 5.26 Å². The lowest BCUT2D eigenvalue weighted by molar-refractivity contribution is -0.132. The van der Waals surface area contributed by atoms with E-state index in [-0.39, 0.29) is 30.1 Å². The molecule has 0 spiro atoms. The molecule has 0 aromatic heterocycles. The highest BCUT2D eigenvalue weighted by Crippen LogP contribution is 2.40. The van der Waals surface area contributed by atoms with Crippen molar-refractivity contribution >= 4 is 23.1 Å². The summed E-state index contributed by atoms with van der Waals surface area (Å²) in [7, 11) is 5.26. The molecule has 2 aromatic rings. The van der Waals surface area contributed by atoms with Gasteiger partial charge in [0.25, 0.3) is 0 Å². The van der Waals surface area contributed by atoms with E-state index < -0.39 is 0 Å². The fourth-order valence-corrected chi connectivity index (χ4v) is 3.92. The molecule has 33 heavy (non-hydrogen) atoms. The number of nitrogens with zero attached hydrogens (tertiary/aromatic N) is 4. The summed E-state index contributed by atoms with van der Waals surface area (Å²) in [6, 6.07) is 17.2. The molecule has 0 atom stereocenters. The third kappa shape index (κ3) is 5.07. The van der Waals surface area contributed by atoms with Crippen LogP contribution in [0.4, 0.5) is 11.4 Å². The number of ether oxygens (including phenoxy) is 1. The van der Waals surface area contributed by atoms with E-state index in [1.165, 1.54) is 0 Å². The topological polar surface area (TPSA) is 76.9 Å². The molecule has 0 saturated heterocycles. The predicted molar refractivity (Wildman–Crippen MR) is 129 cm³/mol. The minimum absolute atomic E-state index is 0.0155. The largest absolute Gasteiger partial charge is 0.497 e. The standard InChI is InChI=1S/C26H28N4O3/c1-5-16-30(18-19-10-12-20(33-4)13-11-19)25(32)15-14-24(31)21(17-27)26-28(2)22-8-6-7-9-23(22)29(26)3/h5-13H,1,14-16,18H2,2-4H3. The lowest BCUT2D eigenvalue weighted by Crippen LogP contribution is -2.31. The first-order valence-electron chi connectivity index (χ1n) is 10.7. The molecule has 170 valence electrons. The monoisotopic (exact) mass is 444 g/mol. The second kappa shape index (κ2) is 10.5. The van der Waals surface area contributed by atoms with Gasteiger partial charge in [-0.15, -0.1) is 6.58 Å². The summed E-state index contributed by atoms with van der Waals surface area (Å²) in [5.41, 5.74) is 2.84. The zero-order chi connectivity index (χ0) is 24.0. The van der Waals surface area contributed by atoms with Gasteiger partial charge in [0.1, 0.15) is 23.2 Å². The van der Waals surface area contributed by atoms with Gasteiger partial charge in [0.05, 0.1) is 18.5 Å². The smallest absolute Gasteiger partial charge is 0.223 e. The summed E-state index contributed by atoms with van der Waals surface area (Å²) in [5.74, 6) is 0.748. The molecule has 0 aliphatic carbocycles.